The molecule has 2 N–H and O–H groups in total. The van der Waals surface area contributed by atoms with Crippen molar-refractivity contribution >= 4 is 10.9 Å². The van der Waals surface area contributed by atoms with E-state index in [1.807, 2.05) is 0 Å². The lowest BCUT2D eigenvalue weighted by atomic mass is 9.73. The first-order chi connectivity index (χ1) is 10.8. The van der Waals surface area contributed by atoms with Gasteiger partial charge in [-0.2, -0.15) is 0 Å². The van der Waals surface area contributed by atoms with Gasteiger partial charge in [0.15, 0.2) is 0 Å². The summed E-state index contributed by atoms with van der Waals surface area (Å²) in [7, 11) is 1.74. The SMILES string of the molecule is COc1ccc2c(c1)[C@H]1c3cccc4[nH]cc(c34)C[C@@H]1NC2. The number of fused-ring (bicyclic) bond motifs is 4. The lowest BCUT2D eigenvalue weighted by Crippen LogP contribution is -2.43. The zero-order valence-electron chi connectivity index (χ0n) is 12.5. The second-order valence-corrected chi connectivity index (χ2v) is 6.32. The molecular formula is C19H18N2O. The van der Waals surface area contributed by atoms with Crippen LogP contribution in [0.1, 0.15) is 28.2 Å². The van der Waals surface area contributed by atoms with Crippen molar-refractivity contribution < 1.29 is 4.74 Å². The van der Waals surface area contributed by atoms with Crippen molar-refractivity contribution in [3.05, 3.63) is 64.8 Å². The summed E-state index contributed by atoms with van der Waals surface area (Å²) in [5.41, 5.74) is 6.93. The fraction of sp³-hybridized carbons (Fsp3) is 0.263. The van der Waals surface area contributed by atoms with E-state index in [0.29, 0.717) is 12.0 Å². The molecule has 2 aromatic carbocycles. The summed E-state index contributed by atoms with van der Waals surface area (Å²) in [6, 6.07) is 13.6. The summed E-state index contributed by atoms with van der Waals surface area (Å²) in [5.74, 6) is 1.36. The highest BCUT2D eigenvalue weighted by molar-refractivity contribution is 5.89. The van der Waals surface area contributed by atoms with Crippen LogP contribution in [-0.2, 0) is 13.0 Å². The van der Waals surface area contributed by atoms with Crippen molar-refractivity contribution in [3.8, 4) is 5.75 Å². The van der Waals surface area contributed by atoms with Crippen LogP contribution in [0.25, 0.3) is 10.9 Å². The minimum atomic E-state index is 0.408. The normalized spacial score (nSPS) is 22.2. The Hall–Kier alpha value is -2.26. The molecule has 0 spiro atoms. The van der Waals surface area contributed by atoms with E-state index >= 15 is 0 Å². The van der Waals surface area contributed by atoms with Gasteiger partial charge in [-0.15, -0.1) is 0 Å². The summed E-state index contributed by atoms with van der Waals surface area (Å²) >= 11 is 0. The summed E-state index contributed by atoms with van der Waals surface area (Å²) in [6.45, 7) is 0.941. The number of ether oxygens (including phenoxy) is 1. The van der Waals surface area contributed by atoms with E-state index in [2.05, 4.69) is 52.9 Å². The Bertz CT molecular complexity index is 880. The Labute approximate surface area is 129 Å². The van der Waals surface area contributed by atoms with E-state index in [1.165, 1.54) is 33.2 Å². The van der Waals surface area contributed by atoms with E-state index in [1.54, 1.807) is 7.11 Å². The molecule has 0 saturated heterocycles. The molecule has 2 heterocycles. The molecule has 2 atom stereocenters. The summed E-state index contributed by atoms with van der Waals surface area (Å²) in [4.78, 5) is 3.42. The fourth-order valence-electron chi connectivity index (χ4n) is 4.24. The number of methoxy groups -OCH3 is 1. The number of hydrogen-bond donors (Lipinski definition) is 2. The minimum Gasteiger partial charge on any atom is -0.497 e. The van der Waals surface area contributed by atoms with E-state index in [0.717, 1.165) is 18.7 Å². The third-order valence-electron chi connectivity index (χ3n) is 5.24. The molecule has 0 amide bonds. The maximum absolute atomic E-state index is 5.46. The molecule has 0 fully saturated rings. The zero-order chi connectivity index (χ0) is 14.7. The fourth-order valence-corrected chi connectivity index (χ4v) is 4.24. The number of hydrogen-bond acceptors (Lipinski definition) is 2. The first-order valence-corrected chi connectivity index (χ1v) is 7.84. The number of aromatic amines is 1. The monoisotopic (exact) mass is 290 g/mol. The topological polar surface area (TPSA) is 37.0 Å². The Morgan fingerprint density at radius 1 is 1.09 bits per heavy atom. The molecule has 2 aliphatic rings. The van der Waals surface area contributed by atoms with E-state index < -0.39 is 0 Å². The van der Waals surface area contributed by atoms with Gasteiger partial charge in [0.05, 0.1) is 7.11 Å². The molecule has 3 heteroatoms. The van der Waals surface area contributed by atoms with E-state index in [4.69, 9.17) is 4.74 Å². The van der Waals surface area contributed by atoms with Crippen molar-refractivity contribution in [2.75, 3.05) is 7.11 Å². The van der Waals surface area contributed by atoms with Gasteiger partial charge in [-0.1, -0.05) is 18.2 Å². The van der Waals surface area contributed by atoms with Crippen molar-refractivity contribution in [1.29, 1.82) is 0 Å². The van der Waals surface area contributed by atoms with Crippen LogP contribution >= 0.6 is 0 Å². The Balaban J connectivity index is 1.79. The molecule has 110 valence electrons. The molecule has 1 aliphatic carbocycles. The van der Waals surface area contributed by atoms with Crippen LogP contribution in [0.2, 0.25) is 0 Å². The number of rotatable bonds is 1. The first-order valence-electron chi connectivity index (χ1n) is 7.84. The number of nitrogens with one attached hydrogen (secondary N) is 2. The summed E-state index contributed by atoms with van der Waals surface area (Å²) < 4.78 is 5.46. The molecule has 22 heavy (non-hydrogen) atoms. The lowest BCUT2D eigenvalue weighted by Gasteiger charge is -2.38. The highest BCUT2D eigenvalue weighted by Crippen LogP contribution is 2.44. The summed E-state index contributed by atoms with van der Waals surface area (Å²) in [6.07, 6.45) is 3.26. The Kier molecular flexibility index (Phi) is 2.44. The highest BCUT2D eigenvalue weighted by Gasteiger charge is 2.36. The van der Waals surface area contributed by atoms with Gasteiger partial charge in [0.2, 0.25) is 0 Å². The minimum absolute atomic E-state index is 0.408. The number of benzene rings is 2. The molecule has 0 radical (unpaired) electrons. The predicted molar refractivity (Wildman–Crippen MR) is 87.5 cm³/mol. The molecular weight excluding hydrogens is 272 g/mol. The van der Waals surface area contributed by atoms with Gasteiger partial charge in [0.1, 0.15) is 5.75 Å². The van der Waals surface area contributed by atoms with Gasteiger partial charge in [0.25, 0.3) is 0 Å². The molecule has 3 nitrogen and oxygen atoms in total. The molecule has 3 aromatic rings. The van der Waals surface area contributed by atoms with Gasteiger partial charge < -0.3 is 15.0 Å². The maximum atomic E-state index is 5.46. The Morgan fingerprint density at radius 3 is 2.95 bits per heavy atom. The van der Waals surface area contributed by atoms with Gasteiger partial charge in [0, 0.05) is 35.6 Å². The maximum Gasteiger partial charge on any atom is 0.119 e. The third kappa shape index (κ3) is 1.54. The molecule has 1 aromatic heterocycles. The van der Waals surface area contributed by atoms with Gasteiger partial charge in [-0.3, -0.25) is 0 Å². The smallest absolute Gasteiger partial charge is 0.119 e. The van der Waals surface area contributed by atoms with Gasteiger partial charge in [-0.05, 0) is 46.9 Å². The Morgan fingerprint density at radius 2 is 2.05 bits per heavy atom. The van der Waals surface area contributed by atoms with E-state index in [9.17, 15) is 0 Å². The standard InChI is InChI=1S/C19H18N2O/c1-22-13-6-5-11-9-21-17-7-12-10-20-16-4-2-3-14(18(12)16)19(17)15(11)8-13/h2-6,8,10,17,19-21H,7,9H2,1H3/t17-,19+/m0/s1. The highest BCUT2D eigenvalue weighted by atomic mass is 16.5. The predicted octanol–water partition coefficient (Wildman–Crippen LogP) is 3.34. The molecule has 5 rings (SSSR count). The van der Waals surface area contributed by atoms with Gasteiger partial charge in [-0.25, -0.2) is 0 Å². The molecule has 0 unspecified atom stereocenters. The van der Waals surface area contributed by atoms with Crippen LogP contribution in [0.5, 0.6) is 5.75 Å². The lowest BCUT2D eigenvalue weighted by molar-refractivity contribution is 0.405. The van der Waals surface area contributed by atoms with Gasteiger partial charge >= 0.3 is 0 Å². The molecule has 0 saturated carbocycles. The molecule has 1 aliphatic heterocycles. The number of aromatic nitrogens is 1. The average Bonchev–Trinajstić information content (AvgIpc) is 2.98. The zero-order valence-corrected chi connectivity index (χ0v) is 12.5. The van der Waals surface area contributed by atoms with Crippen LogP contribution in [0, 0.1) is 0 Å². The average molecular weight is 290 g/mol. The quantitative estimate of drug-likeness (QED) is 0.721. The van der Waals surface area contributed by atoms with Crippen LogP contribution in [0.4, 0.5) is 0 Å². The summed E-state index contributed by atoms with van der Waals surface area (Å²) in [5, 5.41) is 5.15. The third-order valence-corrected chi connectivity index (χ3v) is 5.24. The van der Waals surface area contributed by atoms with Crippen molar-refractivity contribution in [2.45, 2.75) is 24.9 Å². The second kappa shape index (κ2) is 4.37. The van der Waals surface area contributed by atoms with Crippen molar-refractivity contribution in [2.24, 2.45) is 0 Å². The van der Waals surface area contributed by atoms with E-state index in [-0.39, 0.29) is 0 Å². The van der Waals surface area contributed by atoms with Crippen LogP contribution in [-0.4, -0.2) is 18.1 Å². The number of H-pyrrole nitrogens is 1. The van der Waals surface area contributed by atoms with Crippen LogP contribution < -0.4 is 10.1 Å². The largest absolute Gasteiger partial charge is 0.497 e. The second-order valence-electron chi connectivity index (χ2n) is 6.32. The van der Waals surface area contributed by atoms with Crippen molar-refractivity contribution in [3.63, 3.8) is 0 Å². The van der Waals surface area contributed by atoms with Crippen LogP contribution in [0.15, 0.2) is 42.6 Å². The molecule has 0 bridgehead atoms. The first kappa shape index (κ1) is 12.3. The van der Waals surface area contributed by atoms with Crippen molar-refractivity contribution in [1.82, 2.24) is 10.3 Å². The van der Waals surface area contributed by atoms with Crippen LogP contribution in [0.3, 0.4) is 0 Å².